The zero-order valence-electron chi connectivity index (χ0n) is 15.0. The molecule has 0 bridgehead atoms. The molecule has 0 unspecified atom stereocenters. The quantitative estimate of drug-likeness (QED) is 0.608. The molecule has 0 aliphatic carbocycles. The first-order valence-electron chi connectivity index (χ1n) is 8.19. The molecule has 144 valence electrons. The summed E-state index contributed by atoms with van der Waals surface area (Å²) in [5, 5.41) is 8.46. The van der Waals surface area contributed by atoms with Crippen LogP contribution >= 0.6 is 11.8 Å². The fourth-order valence-corrected chi connectivity index (χ4v) is 3.63. The van der Waals surface area contributed by atoms with Crippen LogP contribution in [0, 0.1) is 0 Å². The van der Waals surface area contributed by atoms with Crippen molar-refractivity contribution < 1.29 is 29.0 Å². The highest BCUT2D eigenvalue weighted by molar-refractivity contribution is 8.18. The number of aromatic carboxylic acids is 1. The third-order valence-electron chi connectivity index (χ3n) is 4.20. The van der Waals surface area contributed by atoms with E-state index in [9.17, 15) is 19.2 Å². The van der Waals surface area contributed by atoms with Gasteiger partial charge in [0.1, 0.15) is 6.04 Å². The average Bonchev–Trinajstić information content (AvgIpc) is 3.25. The molecule has 1 atom stereocenters. The van der Waals surface area contributed by atoms with Gasteiger partial charge in [0.2, 0.25) is 0 Å². The Morgan fingerprint density at radius 3 is 2.46 bits per heavy atom. The van der Waals surface area contributed by atoms with Crippen LogP contribution in [0.15, 0.2) is 47.5 Å². The normalized spacial score (nSPS) is 16.5. The summed E-state index contributed by atoms with van der Waals surface area (Å²) in [4.78, 5) is 48.5. The topological polar surface area (TPSA) is 106 Å². The van der Waals surface area contributed by atoms with Crippen LogP contribution in [0.2, 0.25) is 0 Å². The second-order valence-corrected chi connectivity index (χ2v) is 6.90. The second kappa shape index (κ2) is 7.73. The zero-order chi connectivity index (χ0) is 20.4. The summed E-state index contributed by atoms with van der Waals surface area (Å²) in [5.74, 6) is -2.26. The predicted molar refractivity (Wildman–Crippen MR) is 102 cm³/mol. The SMILES string of the molecule is COC(=O)[C@@H](C)N1C(=O)S/C(=C/c2cccn2-c2ccc(C(=O)O)cc2)C1=O. The molecule has 8 nitrogen and oxygen atoms in total. The van der Waals surface area contributed by atoms with E-state index in [2.05, 4.69) is 4.74 Å². The van der Waals surface area contributed by atoms with E-state index in [1.807, 2.05) is 0 Å². The van der Waals surface area contributed by atoms with E-state index < -0.39 is 29.1 Å². The fraction of sp³-hybridized carbons (Fsp3) is 0.158. The molecule has 3 rings (SSSR count). The largest absolute Gasteiger partial charge is 0.478 e. The number of benzene rings is 1. The Morgan fingerprint density at radius 2 is 1.86 bits per heavy atom. The molecular formula is C19H16N2O6S. The van der Waals surface area contributed by atoms with Crippen molar-refractivity contribution in [3.63, 3.8) is 0 Å². The Hall–Kier alpha value is -3.33. The maximum atomic E-state index is 12.6. The van der Waals surface area contributed by atoms with E-state index in [4.69, 9.17) is 5.11 Å². The van der Waals surface area contributed by atoms with Gasteiger partial charge in [-0.2, -0.15) is 0 Å². The Labute approximate surface area is 164 Å². The number of rotatable bonds is 5. The smallest absolute Gasteiger partial charge is 0.335 e. The summed E-state index contributed by atoms with van der Waals surface area (Å²) in [7, 11) is 1.19. The molecule has 0 radical (unpaired) electrons. The van der Waals surface area contributed by atoms with Crippen LogP contribution in [0.5, 0.6) is 0 Å². The molecule has 1 aliphatic rings. The van der Waals surface area contributed by atoms with Gasteiger partial charge in [0, 0.05) is 17.6 Å². The first-order valence-corrected chi connectivity index (χ1v) is 9.01. The van der Waals surface area contributed by atoms with Crippen LogP contribution in [-0.4, -0.2) is 50.8 Å². The molecule has 1 aromatic heterocycles. The Morgan fingerprint density at radius 1 is 1.18 bits per heavy atom. The number of carboxylic acids is 1. The maximum Gasteiger partial charge on any atom is 0.335 e. The summed E-state index contributed by atoms with van der Waals surface area (Å²) in [6.45, 7) is 1.43. The first kappa shape index (κ1) is 19.4. The highest BCUT2D eigenvalue weighted by Gasteiger charge is 2.41. The number of aromatic nitrogens is 1. The van der Waals surface area contributed by atoms with E-state index in [1.165, 1.54) is 26.2 Å². The van der Waals surface area contributed by atoms with Gasteiger partial charge in [0.05, 0.1) is 17.6 Å². The van der Waals surface area contributed by atoms with E-state index >= 15 is 0 Å². The van der Waals surface area contributed by atoms with Crippen molar-refractivity contribution in [2.45, 2.75) is 13.0 Å². The lowest BCUT2D eigenvalue weighted by atomic mass is 10.2. The number of carbonyl (C=O) groups excluding carboxylic acids is 3. The molecule has 1 fully saturated rings. The number of esters is 1. The van der Waals surface area contributed by atoms with Crippen LogP contribution in [0.3, 0.4) is 0 Å². The fourth-order valence-electron chi connectivity index (χ4n) is 2.74. The first-order chi connectivity index (χ1) is 13.3. The Bertz CT molecular complexity index is 992. The standard InChI is InChI=1S/C19H16N2O6S/c1-11(18(25)27-2)21-16(22)15(28-19(21)26)10-14-4-3-9-20(14)13-7-5-12(6-8-13)17(23)24/h3-11H,1-2H3,(H,23,24)/b15-10+/t11-/m1/s1. The van der Waals surface area contributed by atoms with Crippen molar-refractivity contribution in [3.8, 4) is 5.69 Å². The Kier molecular flexibility index (Phi) is 5.36. The predicted octanol–water partition coefficient (Wildman–Crippen LogP) is 2.77. The van der Waals surface area contributed by atoms with Gasteiger partial charge in [-0.15, -0.1) is 0 Å². The van der Waals surface area contributed by atoms with Gasteiger partial charge in [-0.05, 0) is 61.2 Å². The Balaban J connectivity index is 1.90. The number of imide groups is 1. The lowest BCUT2D eigenvalue weighted by Crippen LogP contribution is -2.42. The number of thioether (sulfide) groups is 1. The highest BCUT2D eigenvalue weighted by Crippen LogP contribution is 2.34. The van der Waals surface area contributed by atoms with Gasteiger partial charge >= 0.3 is 11.9 Å². The van der Waals surface area contributed by atoms with Crippen LogP contribution < -0.4 is 0 Å². The van der Waals surface area contributed by atoms with Crippen LogP contribution in [0.1, 0.15) is 23.0 Å². The van der Waals surface area contributed by atoms with Crippen molar-refractivity contribution in [1.29, 1.82) is 0 Å². The molecule has 2 aromatic rings. The van der Waals surface area contributed by atoms with Gasteiger partial charge in [-0.1, -0.05) is 0 Å². The van der Waals surface area contributed by atoms with Gasteiger partial charge in [0.15, 0.2) is 0 Å². The minimum Gasteiger partial charge on any atom is -0.478 e. The number of ether oxygens (including phenoxy) is 1. The number of hydrogen-bond acceptors (Lipinski definition) is 6. The molecule has 1 aromatic carbocycles. The molecule has 2 amide bonds. The van der Waals surface area contributed by atoms with Crippen molar-refractivity contribution in [1.82, 2.24) is 9.47 Å². The number of nitrogens with zero attached hydrogens (tertiary/aromatic N) is 2. The number of carboxylic acid groups (broad SMARTS) is 1. The van der Waals surface area contributed by atoms with E-state index in [-0.39, 0.29) is 10.5 Å². The van der Waals surface area contributed by atoms with Crippen molar-refractivity contribution in [3.05, 3.63) is 58.8 Å². The number of carbonyl (C=O) groups is 4. The van der Waals surface area contributed by atoms with Crippen molar-refractivity contribution in [2.75, 3.05) is 7.11 Å². The summed E-state index contributed by atoms with van der Waals surface area (Å²) < 4.78 is 6.36. The van der Waals surface area contributed by atoms with E-state index in [0.29, 0.717) is 11.4 Å². The third kappa shape index (κ3) is 3.56. The molecule has 9 heteroatoms. The number of methoxy groups -OCH3 is 1. The summed E-state index contributed by atoms with van der Waals surface area (Å²) in [5.41, 5.74) is 1.48. The molecule has 28 heavy (non-hydrogen) atoms. The van der Waals surface area contributed by atoms with Gasteiger partial charge in [0.25, 0.3) is 11.1 Å². The highest BCUT2D eigenvalue weighted by atomic mass is 32.2. The molecular weight excluding hydrogens is 384 g/mol. The van der Waals surface area contributed by atoms with E-state index in [0.717, 1.165) is 16.7 Å². The lowest BCUT2D eigenvalue weighted by Gasteiger charge is -2.18. The van der Waals surface area contributed by atoms with Gasteiger partial charge < -0.3 is 14.4 Å². The maximum absolute atomic E-state index is 12.6. The summed E-state index contributed by atoms with van der Waals surface area (Å²) >= 11 is 0.746. The summed E-state index contributed by atoms with van der Waals surface area (Å²) in [6.07, 6.45) is 3.31. The van der Waals surface area contributed by atoms with Crippen LogP contribution in [-0.2, 0) is 14.3 Å². The van der Waals surface area contributed by atoms with E-state index in [1.54, 1.807) is 41.1 Å². The molecule has 2 heterocycles. The molecule has 0 spiro atoms. The van der Waals surface area contributed by atoms with Crippen molar-refractivity contribution >= 4 is 40.9 Å². The number of amides is 2. The zero-order valence-corrected chi connectivity index (χ0v) is 15.8. The third-order valence-corrected chi connectivity index (χ3v) is 5.09. The number of hydrogen-bond donors (Lipinski definition) is 1. The molecule has 1 saturated heterocycles. The van der Waals surface area contributed by atoms with Gasteiger partial charge in [-0.3, -0.25) is 14.5 Å². The van der Waals surface area contributed by atoms with Gasteiger partial charge in [-0.25, -0.2) is 9.59 Å². The second-order valence-electron chi connectivity index (χ2n) is 5.91. The van der Waals surface area contributed by atoms with Crippen LogP contribution in [0.4, 0.5) is 4.79 Å². The minimum absolute atomic E-state index is 0.162. The molecule has 1 N–H and O–H groups in total. The average molecular weight is 400 g/mol. The van der Waals surface area contributed by atoms with Crippen molar-refractivity contribution in [2.24, 2.45) is 0 Å². The molecule has 0 saturated carbocycles. The monoisotopic (exact) mass is 400 g/mol. The minimum atomic E-state index is -1.02. The lowest BCUT2D eigenvalue weighted by molar-refractivity contribution is -0.148. The molecule has 1 aliphatic heterocycles. The van der Waals surface area contributed by atoms with Crippen LogP contribution in [0.25, 0.3) is 11.8 Å². The summed E-state index contributed by atoms with van der Waals surface area (Å²) in [6, 6.07) is 8.75.